The van der Waals surface area contributed by atoms with Crippen molar-refractivity contribution in [3.63, 3.8) is 0 Å². The lowest BCUT2D eigenvalue weighted by Gasteiger charge is -2.34. The molecule has 1 heterocycles. The summed E-state index contributed by atoms with van der Waals surface area (Å²) in [5, 5.41) is 3.62. The Morgan fingerprint density at radius 3 is 2.65 bits per heavy atom. The molecule has 3 nitrogen and oxygen atoms in total. The van der Waals surface area contributed by atoms with Gasteiger partial charge in [-0.1, -0.05) is 27.2 Å². The first-order valence-corrected chi connectivity index (χ1v) is 6.63. The Hall–Kier alpha value is -0.960. The quantitative estimate of drug-likeness (QED) is 0.869. The average Bonchev–Trinajstić information content (AvgIpc) is 2.67. The van der Waals surface area contributed by atoms with Crippen LogP contribution in [0.2, 0.25) is 0 Å². The van der Waals surface area contributed by atoms with Gasteiger partial charge < -0.3 is 5.32 Å². The fraction of sp³-hybridized carbons (Fsp3) is 0.714. The van der Waals surface area contributed by atoms with Crippen LogP contribution in [0.5, 0.6) is 0 Å². The van der Waals surface area contributed by atoms with Gasteiger partial charge >= 0.3 is 0 Å². The summed E-state index contributed by atoms with van der Waals surface area (Å²) in [7, 11) is 0. The van der Waals surface area contributed by atoms with Crippen LogP contribution in [0.4, 0.5) is 0 Å². The maximum absolute atomic E-state index is 4.16. The highest BCUT2D eigenvalue weighted by Crippen LogP contribution is 2.48. The molecule has 0 spiro atoms. The third-order valence-corrected chi connectivity index (χ3v) is 4.11. The van der Waals surface area contributed by atoms with E-state index in [0.29, 0.717) is 17.4 Å². The van der Waals surface area contributed by atoms with E-state index in [4.69, 9.17) is 0 Å². The topological polar surface area (TPSA) is 37.8 Å². The SMILES string of the molecule is CCNC(c1cncnc1)C1CCCC1(C)C. The van der Waals surface area contributed by atoms with E-state index in [0.717, 1.165) is 6.54 Å². The van der Waals surface area contributed by atoms with Gasteiger partial charge in [0.05, 0.1) is 0 Å². The molecular weight excluding hydrogens is 210 g/mol. The molecule has 0 amide bonds. The van der Waals surface area contributed by atoms with Crippen LogP contribution in [0.1, 0.15) is 51.6 Å². The second-order valence-corrected chi connectivity index (χ2v) is 5.69. The molecule has 1 saturated carbocycles. The molecule has 0 saturated heterocycles. The number of rotatable bonds is 4. The van der Waals surface area contributed by atoms with Crippen LogP contribution in [-0.4, -0.2) is 16.5 Å². The van der Waals surface area contributed by atoms with E-state index in [1.165, 1.54) is 24.8 Å². The Kier molecular flexibility index (Phi) is 3.77. The van der Waals surface area contributed by atoms with Gasteiger partial charge in [-0.05, 0) is 30.7 Å². The van der Waals surface area contributed by atoms with Crippen LogP contribution in [0.25, 0.3) is 0 Å². The van der Waals surface area contributed by atoms with Gasteiger partial charge in [0.15, 0.2) is 0 Å². The molecule has 1 aliphatic rings. The zero-order valence-corrected chi connectivity index (χ0v) is 11.1. The van der Waals surface area contributed by atoms with E-state index in [9.17, 15) is 0 Å². The molecule has 1 fully saturated rings. The Balaban J connectivity index is 2.23. The van der Waals surface area contributed by atoms with Crippen molar-refractivity contribution in [1.29, 1.82) is 0 Å². The maximum atomic E-state index is 4.16. The summed E-state index contributed by atoms with van der Waals surface area (Å²) < 4.78 is 0. The van der Waals surface area contributed by atoms with Gasteiger partial charge in [0.1, 0.15) is 6.33 Å². The van der Waals surface area contributed by atoms with E-state index in [2.05, 4.69) is 36.1 Å². The van der Waals surface area contributed by atoms with Crippen LogP contribution in [0.15, 0.2) is 18.7 Å². The van der Waals surface area contributed by atoms with E-state index in [1.54, 1.807) is 6.33 Å². The minimum absolute atomic E-state index is 0.402. The van der Waals surface area contributed by atoms with Gasteiger partial charge in [0.25, 0.3) is 0 Å². The summed E-state index contributed by atoms with van der Waals surface area (Å²) in [5.74, 6) is 0.688. The van der Waals surface area contributed by atoms with Crippen LogP contribution < -0.4 is 5.32 Å². The highest BCUT2D eigenvalue weighted by Gasteiger charge is 2.39. The molecule has 2 unspecified atom stereocenters. The molecule has 1 aromatic heterocycles. The van der Waals surface area contributed by atoms with Crippen molar-refractivity contribution in [2.45, 2.75) is 46.1 Å². The second-order valence-electron chi connectivity index (χ2n) is 5.69. The van der Waals surface area contributed by atoms with Crippen molar-refractivity contribution in [3.8, 4) is 0 Å². The number of aromatic nitrogens is 2. The third kappa shape index (κ3) is 2.65. The molecule has 1 aliphatic carbocycles. The first-order valence-electron chi connectivity index (χ1n) is 6.63. The first kappa shape index (κ1) is 12.5. The molecule has 2 atom stereocenters. The molecule has 94 valence electrons. The Bertz CT molecular complexity index is 348. The normalized spacial score (nSPS) is 24.8. The molecule has 0 bridgehead atoms. The number of hydrogen-bond acceptors (Lipinski definition) is 3. The summed E-state index contributed by atoms with van der Waals surface area (Å²) >= 11 is 0. The summed E-state index contributed by atoms with van der Waals surface area (Å²) in [6, 6.07) is 0.402. The molecule has 1 N–H and O–H groups in total. The summed E-state index contributed by atoms with van der Waals surface area (Å²) in [6.07, 6.45) is 9.48. The standard InChI is InChI=1S/C14H23N3/c1-4-17-13(11-8-15-10-16-9-11)12-6-5-7-14(12,2)3/h8-10,12-13,17H,4-7H2,1-3H3. The Morgan fingerprint density at radius 1 is 1.41 bits per heavy atom. The number of nitrogens with zero attached hydrogens (tertiary/aromatic N) is 2. The predicted molar refractivity (Wildman–Crippen MR) is 69.6 cm³/mol. The highest BCUT2D eigenvalue weighted by molar-refractivity contribution is 5.13. The lowest BCUT2D eigenvalue weighted by Crippen LogP contribution is -2.34. The zero-order valence-electron chi connectivity index (χ0n) is 11.1. The van der Waals surface area contributed by atoms with Gasteiger partial charge in [0.2, 0.25) is 0 Å². The monoisotopic (exact) mass is 233 g/mol. The third-order valence-electron chi connectivity index (χ3n) is 4.11. The zero-order chi connectivity index (χ0) is 12.3. The summed E-state index contributed by atoms with van der Waals surface area (Å²) in [4.78, 5) is 8.31. The minimum atomic E-state index is 0.402. The lowest BCUT2D eigenvalue weighted by atomic mass is 9.76. The minimum Gasteiger partial charge on any atom is -0.310 e. The van der Waals surface area contributed by atoms with E-state index in [-0.39, 0.29) is 0 Å². The summed E-state index contributed by atoms with van der Waals surface area (Å²) in [6.45, 7) is 7.93. The van der Waals surface area contributed by atoms with Crippen molar-refractivity contribution >= 4 is 0 Å². The molecule has 0 aromatic carbocycles. The molecule has 17 heavy (non-hydrogen) atoms. The van der Waals surface area contributed by atoms with Crippen LogP contribution in [0.3, 0.4) is 0 Å². The van der Waals surface area contributed by atoms with E-state index < -0.39 is 0 Å². The van der Waals surface area contributed by atoms with Gasteiger partial charge in [-0.15, -0.1) is 0 Å². The molecule has 1 aromatic rings. The molecular formula is C14H23N3. The molecule has 3 heteroatoms. The number of hydrogen-bond donors (Lipinski definition) is 1. The van der Waals surface area contributed by atoms with Crippen LogP contribution >= 0.6 is 0 Å². The predicted octanol–water partition coefficient (Wildman–Crippen LogP) is 2.95. The van der Waals surface area contributed by atoms with Crippen molar-refractivity contribution in [2.75, 3.05) is 6.54 Å². The van der Waals surface area contributed by atoms with Crippen LogP contribution in [0, 0.1) is 11.3 Å². The lowest BCUT2D eigenvalue weighted by molar-refractivity contribution is 0.198. The van der Waals surface area contributed by atoms with E-state index >= 15 is 0 Å². The fourth-order valence-corrected chi connectivity index (χ4v) is 3.16. The highest BCUT2D eigenvalue weighted by atomic mass is 14.9. The van der Waals surface area contributed by atoms with Crippen molar-refractivity contribution < 1.29 is 0 Å². The first-order chi connectivity index (χ1) is 8.15. The van der Waals surface area contributed by atoms with Gasteiger partial charge in [-0.3, -0.25) is 0 Å². The van der Waals surface area contributed by atoms with E-state index in [1.807, 2.05) is 12.4 Å². The van der Waals surface area contributed by atoms with Gasteiger partial charge in [-0.2, -0.15) is 0 Å². The Morgan fingerprint density at radius 2 is 2.12 bits per heavy atom. The van der Waals surface area contributed by atoms with Gasteiger partial charge in [0, 0.05) is 24.0 Å². The van der Waals surface area contributed by atoms with Crippen LogP contribution in [-0.2, 0) is 0 Å². The molecule has 2 rings (SSSR count). The molecule has 0 aliphatic heterocycles. The Labute approximate surface area is 104 Å². The maximum Gasteiger partial charge on any atom is 0.115 e. The van der Waals surface area contributed by atoms with Crippen molar-refractivity contribution in [1.82, 2.24) is 15.3 Å². The number of nitrogens with one attached hydrogen (secondary N) is 1. The average molecular weight is 233 g/mol. The van der Waals surface area contributed by atoms with Crippen molar-refractivity contribution in [3.05, 3.63) is 24.3 Å². The fourth-order valence-electron chi connectivity index (χ4n) is 3.16. The van der Waals surface area contributed by atoms with Gasteiger partial charge in [-0.25, -0.2) is 9.97 Å². The van der Waals surface area contributed by atoms with Crippen molar-refractivity contribution in [2.24, 2.45) is 11.3 Å². The largest absolute Gasteiger partial charge is 0.310 e. The second kappa shape index (κ2) is 5.13. The smallest absolute Gasteiger partial charge is 0.115 e. The summed E-state index contributed by atoms with van der Waals surface area (Å²) in [5.41, 5.74) is 1.65. The molecule has 0 radical (unpaired) electrons.